The number of aromatic nitrogens is 3. The predicted molar refractivity (Wildman–Crippen MR) is 85.7 cm³/mol. The summed E-state index contributed by atoms with van der Waals surface area (Å²) in [6, 6.07) is 14.4. The van der Waals surface area contributed by atoms with Gasteiger partial charge >= 0.3 is 0 Å². The van der Waals surface area contributed by atoms with Crippen LogP contribution in [0.25, 0.3) is 33.2 Å². The van der Waals surface area contributed by atoms with Crippen molar-refractivity contribution >= 4 is 33.4 Å². The van der Waals surface area contributed by atoms with Crippen molar-refractivity contribution in [1.82, 2.24) is 14.8 Å². The molecule has 5 rings (SSSR count). The zero-order valence-electron chi connectivity index (χ0n) is 11.2. The standard InChI is InChI=1S/C17H12ClN3/c18-12-5-3-7-14-15(12)17-16-11(8-9-21(17)20-14)10-4-1-2-6-13(10)19-16/h1-7,19H,8-9H2. The minimum atomic E-state index is 0.764. The van der Waals surface area contributed by atoms with Crippen LogP contribution in [0, 0.1) is 0 Å². The summed E-state index contributed by atoms with van der Waals surface area (Å²) in [5.41, 5.74) is 5.80. The van der Waals surface area contributed by atoms with Crippen molar-refractivity contribution in [3.63, 3.8) is 0 Å². The van der Waals surface area contributed by atoms with Gasteiger partial charge in [-0.25, -0.2) is 0 Å². The Bertz CT molecular complexity index is 1010. The third-order valence-electron chi connectivity index (χ3n) is 4.34. The summed E-state index contributed by atoms with van der Waals surface area (Å²) < 4.78 is 2.08. The Hall–Kier alpha value is -2.26. The monoisotopic (exact) mass is 293 g/mol. The quantitative estimate of drug-likeness (QED) is 0.512. The van der Waals surface area contributed by atoms with Gasteiger partial charge in [-0.2, -0.15) is 5.10 Å². The van der Waals surface area contributed by atoms with Crippen molar-refractivity contribution in [2.75, 3.05) is 0 Å². The predicted octanol–water partition coefficient (Wildman–Crippen LogP) is 4.39. The van der Waals surface area contributed by atoms with Gasteiger partial charge in [-0.05, 0) is 30.2 Å². The molecule has 0 amide bonds. The van der Waals surface area contributed by atoms with E-state index in [4.69, 9.17) is 16.7 Å². The zero-order chi connectivity index (χ0) is 14.0. The molecule has 0 unspecified atom stereocenters. The summed E-state index contributed by atoms with van der Waals surface area (Å²) in [5.74, 6) is 0. The van der Waals surface area contributed by atoms with E-state index in [1.807, 2.05) is 18.2 Å². The van der Waals surface area contributed by atoms with Gasteiger partial charge in [0.25, 0.3) is 0 Å². The Labute approximate surface area is 126 Å². The lowest BCUT2D eigenvalue weighted by Crippen LogP contribution is -2.11. The molecule has 3 nitrogen and oxygen atoms in total. The van der Waals surface area contributed by atoms with Gasteiger partial charge in [0.15, 0.2) is 0 Å². The Morgan fingerprint density at radius 3 is 2.95 bits per heavy atom. The van der Waals surface area contributed by atoms with E-state index in [2.05, 4.69) is 33.9 Å². The summed E-state index contributed by atoms with van der Waals surface area (Å²) in [6.07, 6.45) is 0.998. The molecule has 0 saturated carbocycles. The van der Waals surface area contributed by atoms with Gasteiger partial charge in [-0.15, -0.1) is 0 Å². The second-order valence-corrected chi connectivity index (χ2v) is 5.89. The van der Waals surface area contributed by atoms with E-state index >= 15 is 0 Å². The number of nitrogens with zero attached hydrogens (tertiary/aromatic N) is 2. The van der Waals surface area contributed by atoms with Crippen LogP contribution in [0.2, 0.25) is 5.02 Å². The Balaban J connectivity index is 1.96. The third kappa shape index (κ3) is 1.41. The average molecular weight is 294 g/mol. The Kier molecular flexibility index (Phi) is 2.11. The van der Waals surface area contributed by atoms with Gasteiger partial charge in [0.05, 0.1) is 21.9 Å². The van der Waals surface area contributed by atoms with Crippen LogP contribution in [0.3, 0.4) is 0 Å². The van der Waals surface area contributed by atoms with Gasteiger partial charge < -0.3 is 4.98 Å². The number of nitrogens with one attached hydrogen (secondary N) is 1. The third-order valence-corrected chi connectivity index (χ3v) is 4.65. The number of aromatic amines is 1. The van der Waals surface area contributed by atoms with Crippen molar-refractivity contribution in [3.8, 4) is 11.4 Å². The van der Waals surface area contributed by atoms with Crippen LogP contribution >= 0.6 is 11.6 Å². The molecule has 21 heavy (non-hydrogen) atoms. The highest BCUT2D eigenvalue weighted by Crippen LogP contribution is 2.40. The fourth-order valence-electron chi connectivity index (χ4n) is 3.44. The number of rotatable bonds is 0. The largest absolute Gasteiger partial charge is 0.353 e. The molecule has 3 heterocycles. The lowest BCUT2D eigenvalue weighted by atomic mass is 10.0. The average Bonchev–Trinajstić information content (AvgIpc) is 3.05. The van der Waals surface area contributed by atoms with E-state index in [-0.39, 0.29) is 0 Å². The Morgan fingerprint density at radius 2 is 2.00 bits per heavy atom. The zero-order valence-corrected chi connectivity index (χ0v) is 12.0. The fraction of sp³-hybridized carbons (Fsp3) is 0.118. The van der Waals surface area contributed by atoms with Crippen molar-refractivity contribution in [3.05, 3.63) is 53.1 Å². The SMILES string of the molecule is Clc1cccc2nn3c(c12)-c1[nH]c2ccccc2c1CC3. The maximum absolute atomic E-state index is 6.43. The number of aryl methyl sites for hydroxylation is 2. The summed E-state index contributed by atoms with van der Waals surface area (Å²) >= 11 is 6.43. The van der Waals surface area contributed by atoms with Gasteiger partial charge in [0, 0.05) is 22.8 Å². The van der Waals surface area contributed by atoms with Crippen LogP contribution in [-0.2, 0) is 13.0 Å². The molecule has 0 atom stereocenters. The molecule has 1 aliphatic rings. The van der Waals surface area contributed by atoms with Crippen LogP contribution in [0.5, 0.6) is 0 Å². The molecule has 0 aliphatic carbocycles. The number of fused-ring (bicyclic) bond motifs is 7. The first kappa shape index (κ1) is 11.4. The first-order valence-corrected chi connectivity index (χ1v) is 7.46. The molecule has 102 valence electrons. The van der Waals surface area contributed by atoms with Crippen LogP contribution in [-0.4, -0.2) is 14.8 Å². The molecule has 2 aromatic carbocycles. The highest BCUT2D eigenvalue weighted by Gasteiger charge is 2.25. The van der Waals surface area contributed by atoms with Crippen molar-refractivity contribution < 1.29 is 0 Å². The number of halogens is 1. The van der Waals surface area contributed by atoms with Gasteiger partial charge in [-0.1, -0.05) is 35.9 Å². The smallest absolute Gasteiger partial charge is 0.0945 e. The molecular weight excluding hydrogens is 282 g/mol. The summed E-state index contributed by atoms with van der Waals surface area (Å²) in [6.45, 7) is 0.898. The molecule has 0 bridgehead atoms. The molecule has 4 heteroatoms. The molecule has 1 N–H and O–H groups in total. The van der Waals surface area contributed by atoms with Crippen LogP contribution in [0.15, 0.2) is 42.5 Å². The number of H-pyrrole nitrogens is 1. The van der Waals surface area contributed by atoms with E-state index in [0.29, 0.717) is 0 Å². The first-order chi connectivity index (χ1) is 10.3. The minimum absolute atomic E-state index is 0.764. The minimum Gasteiger partial charge on any atom is -0.353 e. The van der Waals surface area contributed by atoms with E-state index in [9.17, 15) is 0 Å². The van der Waals surface area contributed by atoms with Gasteiger partial charge in [0.1, 0.15) is 0 Å². The first-order valence-electron chi connectivity index (χ1n) is 7.08. The second-order valence-electron chi connectivity index (χ2n) is 5.48. The van der Waals surface area contributed by atoms with Gasteiger partial charge in [-0.3, -0.25) is 4.68 Å². The molecule has 0 fully saturated rings. The number of benzene rings is 2. The van der Waals surface area contributed by atoms with Crippen LogP contribution in [0.4, 0.5) is 0 Å². The lowest BCUT2D eigenvalue weighted by Gasteiger charge is -2.15. The molecule has 2 aromatic heterocycles. The summed E-state index contributed by atoms with van der Waals surface area (Å²) in [4.78, 5) is 3.56. The fourth-order valence-corrected chi connectivity index (χ4v) is 3.69. The van der Waals surface area contributed by atoms with Crippen LogP contribution in [0.1, 0.15) is 5.56 Å². The lowest BCUT2D eigenvalue weighted by molar-refractivity contribution is 0.614. The summed E-state index contributed by atoms with van der Waals surface area (Å²) in [5, 5.41) is 7.81. The number of hydrogen-bond donors (Lipinski definition) is 1. The van der Waals surface area contributed by atoms with E-state index in [1.165, 1.54) is 16.5 Å². The van der Waals surface area contributed by atoms with Crippen molar-refractivity contribution in [2.24, 2.45) is 0 Å². The Morgan fingerprint density at radius 1 is 1.10 bits per heavy atom. The van der Waals surface area contributed by atoms with Gasteiger partial charge in [0.2, 0.25) is 0 Å². The summed E-state index contributed by atoms with van der Waals surface area (Å²) in [7, 11) is 0. The highest BCUT2D eigenvalue weighted by molar-refractivity contribution is 6.36. The van der Waals surface area contributed by atoms with Crippen LogP contribution < -0.4 is 0 Å². The van der Waals surface area contributed by atoms with Crippen molar-refractivity contribution in [2.45, 2.75) is 13.0 Å². The number of para-hydroxylation sites is 1. The maximum atomic E-state index is 6.43. The normalized spacial score (nSPS) is 13.6. The van der Waals surface area contributed by atoms with E-state index in [0.717, 1.165) is 40.3 Å². The molecule has 0 saturated heterocycles. The second kappa shape index (κ2) is 3.89. The molecule has 0 spiro atoms. The maximum Gasteiger partial charge on any atom is 0.0945 e. The molecule has 4 aromatic rings. The van der Waals surface area contributed by atoms with E-state index in [1.54, 1.807) is 0 Å². The molecular formula is C17H12ClN3. The van der Waals surface area contributed by atoms with E-state index < -0.39 is 0 Å². The molecule has 1 aliphatic heterocycles. The van der Waals surface area contributed by atoms with Crippen molar-refractivity contribution in [1.29, 1.82) is 0 Å². The topological polar surface area (TPSA) is 33.6 Å². The number of hydrogen-bond acceptors (Lipinski definition) is 1. The highest BCUT2D eigenvalue weighted by atomic mass is 35.5. The molecule has 0 radical (unpaired) electrons.